The molecule has 2 aliphatic heterocycles. The minimum atomic E-state index is -1.48. The van der Waals surface area contributed by atoms with E-state index in [1.165, 1.54) is 28.9 Å². The van der Waals surface area contributed by atoms with Crippen LogP contribution in [0.4, 0.5) is 5.13 Å². The lowest BCUT2D eigenvalue weighted by Crippen LogP contribution is -2.70. The van der Waals surface area contributed by atoms with E-state index in [4.69, 9.17) is 10.5 Å². The van der Waals surface area contributed by atoms with E-state index in [1.54, 1.807) is 31.2 Å². The van der Waals surface area contributed by atoms with E-state index in [0.29, 0.717) is 15.4 Å². The Morgan fingerprint density at radius 2 is 2.08 bits per heavy atom. The van der Waals surface area contributed by atoms with Gasteiger partial charge in [-0.05, 0) is 36.4 Å². The van der Waals surface area contributed by atoms with Gasteiger partial charge in [0.1, 0.15) is 17.1 Å². The Morgan fingerprint density at radius 1 is 1.36 bits per heavy atom. The third kappa shape index (κ3) is 4.94. The summed E-state index contributed by atoms with van der Waals surface area (Å²) in [4.78, 5) is 66.8. The highest BCUT2D eigenvalue weighted by atomic mass is 32.2. The maximum absolute atomic E-state index is 12.9. The van der Waals surface area contributed by atoms with Crippen LogP contribution >= 0.6 is 34.9 Å². The fourth-order valence-electron chi connectivity index (χ4n) is 3.58. The van der Waals surface area contributed by atoms with Gasteiger partial charge in [0.05, 0.1) is 17.9 Å². The number of β-lactam (4-membered cyclic amide) rings is 1. The van der Waals surface area contributed by atoms with Gasteiger partial charge in [0.15, 0.2) is 5.13 Å². The number of fused-ring (bicyclic) bond motifs is 1. The number of carbonyl (C=O) groups is 4. The van der Waals surface area contributed by atoms with Crippen molar-refractivity contribution < 1.29 is 29.0 Å². The van der Waals surface area contributed by atoms with Crippen LogP contribution in [0.15, 0.2) is 50.3 Å². The number of carboxylic acids is 1. The second kappa shape index (κ2) is 10.7. The molecule has 0 bridgehead atoms. The Balaban J connectivity index is 1.48. The molecule has 2 amide bonds. The molecule has 0 spiro atoms. The molecule has 0 aliphatic carbocycles. The van der Waals surface area contributed by atoms with Crippen molar-refractivity contribution in [3.05, 3.63) is 56.4 Å². The minimum absolute atomic E-state index is 0.0729. The molecule has 2 aromatic rings. The predicted molar refractivity (Wildman–Crippen MR) is 133 cm³/mol. The van der Waals surface area contributed by atoms with Gasteiger partial charge in [0, 0.05) is 20.9 Å². The number of esters is 1. The van der Waals surface area contributed by atoms with Gasteiger partial charge in [0.2, 0.25) is 6.04 Å². The third-order valence-corrected chi connectivity index (χ3v) is 8.46. The number of nitrogen functional groups attached to an aromatic ring is 1. The summed E-state index contributed by atoms with van der Waals surface area (Å²) in [5.41, 5.74) is 5.81. The van der Waals surface area contributed by atoms with Crippen LogP contribution < -0.4 is 11.1 Å². The Bertz CT molecular complexity index is 1260. The standard InChI is InChI=1S/C21H19N5O7S3/c1-2-33-20(31)9-3-5-10(6-4-9)36-12-8-34-18-14(17(28)26(18)15(12)19(29)30)24-16(27)13(25-32)11-7-35-21(22)23-11/h3-7,13-14,18H,2,8H2,1H3,(H2,22,23)(H,24,27)(H,29,30)/t13?,14-,18+/m1/s1. The molecule has 15 heteroatoms. The van der Waals surface area contributed by atoms with E-state index in [9.17, 15) is 29.2 Å². The molecule has 3 atom stereocenters. The number of nitroso groups, excluding NO2 is 1. The van der Waals surface area contributed by atoms with E-state index >= 15 is 0 Å². The van der Waals surface area contributed by atoms with Crippen molar-refractivity contribution in [1.29, 1.82) is 0 Å². The molecule has 1 aromatic heterocycles. The first-order valence-electron chi connectivity index (χ1n) is 10.4. The molecule has 36 heavy (non-hydrogen) atoms. The van der Waals surface area contributed by atoms with Crippen molar-refractivity contribution in [2.45, 2.75) is 29.3 Å². The number of nitrogens with two attached hydrogens (primary N) is 1. The molecule has 2 aliphatic rings. The van der Waals surface area contributed by atoms with Crippen molar-refractivity contribution >= 4 is 63.7 Å². The van der Waals surface area contributed by atoms with Crippen molar-refractivity contribution in [2.75, 3.05) is 18.1 Å². The molecule has 1 aromatic carbocycles. The van der Waals surface area contributed by atoms with Crippen LogP contribution in [0.3, 0.4) is 0 Å². The first kappa shape index (κ1) is 25.7. The SMILES string of the molecule is CCOC(=O)c1ccc(SC2=C(C(=O)O)N3C(=O)[C@@H](NC(=O)C(N=O)c4csc(N)n4)[C@@H]3SC2)cc1. The highest BCUT2D eigenvalue weighted by Crippen LogP contribution is 2.45. The number of hydrogen-bond donors (Lipinski definition) is 3. The normalized spacial score (nSPS) is 19.7. The first-order chi connectivity index (χ1) is 17.2. The summed E-state index contributed by atoms with van der Waals surface area (Å²) in [5, 5.41) is 16.1. The number of aromatic nitrogens is 1. The van der Waals surface area contributed by atoms with Crippen molar-refractivity contribution in [2.24, 2.45) is 5.18 Å². The highest BCUT2D eigenvalue weighted by Gasteiger charge is 2.54. The lowest BCUT2D eigenvalue weighted by Gasteiger charge is -2.49. The molecule has 0 radical (unpaired) electrons. The van der Waals surface area contributed by atoms with Crippen molar-refractivity contribution in [3.63, 3.8) is 0 Å². The quantitative estimate of drug-likeness (QED) is 0.237. The summed E-state index contributed by atoms with van der Waals surface area (Å²) in [6.07, 6.45) is 0. The van der Waals surface area contributed by atoms with E-state index in [0.717, 1.165) is 16.2 Å². The third-order valence-electron chi connectivity index (χ3n) is 5.21. The van der Waals surface area contributed by atoms with Crippen molar-refractivity contribution in [1.82, 2.24) is 15.2 Å². The molecule has 188 valence electrons. The zero-order chi connectivity index (χ0) is 26.0. The molecule has 1 unspecified atom stereocenters. The lowest BCUT2D eigenvalue weighted by atomic mass is 10.0. The summed E-state index contributed by atoms with van der Waals surface area (Å²) in [7, 11) is 0. The smallest absolute Gasteiger partial charge is 0.353 e. The Hall–Kier alpha value is -3.43. The number of ether oxygens (including phenoxy) is 1. The predicted octanol–water partition coefficient (Wildman–Crippen LogP) is 2.20. The van der Waals surface area contributed by atoms with Gasteiger partial charge in [-0.15, -0.1) is 28.0 Å². The summed E-state index contributed by atoms with van der Waals surface area (Å²) >= 11 is 3.49. The number of anilines is 1. The zero-order valence-corrected chi connectivity index (χ0v) is 21.0. The molecule has 4 rings (SSSR count). The Labute approximate surface area is 216 Å². The molecule has 4 N–H and O–H groups in total. The first-order valence-corrected chi connectivity index (χ1v) is 13.2. The van der Waals surface area contributed by atoms with Crippen LogP contribution in [-0.4, -0.2) is 62.5 Å². The second-order valence-corrected chi connectivity index (χ2v) is 10.6. The Kier molecular flexibility index (Phi) is 7.61. The van der Waals surface area contributed by atoms with Crippen LogP contribution in [-0.2, 0) is 19.1 Å². The number of carbonyl (C=O) groups excluding carboxylic acids is 3. The molecule has 1 fully saturated rings. The topological polar surface area (TPSA) is 181 Å². The van der Waals surface area contributed by atoms with Gasteiger partial charge in [-0.25, -0.2) is 14.6 Å². The highest BCUT2D eigenvalue weighted by molar-refractivity contribution is 8.06. The largest absolute Gasteiger partial charge is 0.477 e. The number of thiazole rings is 1. The Morgan fingerprint density at radius 3 is 2.67 bits per heavy atom. The van der Waals surface area contributed by atoms with Gasteiger partial charge in [-0.2, -0.15) is 0 Å². The zero-order valence-electron chi connectivity index (χ0n) is 18.6. The number of aliphatic carboxylic acids is 1. The summed E-state index contributed by atoms with van der Waals surface area (Å²) < 4.78 is 4.96. The van der Waals surface area contributed by atoms with Crippen LogP contribution in [0.1, 0.15) is 29.0 Å². The molecule has 0 saturated carbocycles. The number of nitrogens with one attached hydrogen (secondary N) is 1. The van der Waals surface area contributed by atoms with Crippen LogP contribution in [0, 0.1) is 4.91 Å². The van der Waals surface area contributed by atoms with Gasteiger partial charge >= 0.3 is 11.9 Å². The number of rotatable bonds is 9. The number of benzene rings is 1. The molecular weight excluding hydrogens is 530 g/mol. The minimum Gasteiger partial charge on any atom is -0.477 e. The molecule has 1 saturated heterocycles. The van der Waals surface area contributed by atoms with Gasteiger partial charge in [-0.1, -0.05) is 11.8 Å². The van der Waals surface area contributed by atoms with E-state index in [1.807, 2.05) is 0 Å². The van der Waals surface area contributed by atoms with Gasteiger partial charge < -0.3 is 20.9 Å². The fraction of sp³-hybridized carbons (Fsp3) is 0.286. The second-order valence-electron chi connectivity index (χ2n) is 7.44. The number of amides is 2. The van der Waals surface area contributed by atoms with Gasteiger partial charge in [-0.3, -0.25) is 14.5 Å². The summed E-state index contributed by atoms with van der Waals surface area (Å²) in [6, 6.07) is 3.99. The average molecular weight is 550 g/mol. The molecule has 3 heterocycles. The maximum Gasteiger partial charge on any atom is 0.353 e. The van der Waals surface area contributed by atoms with Gasteiger partial charge in [0.25, 0.3) is 11.8 Å². The number of hydrogen-bond acceptors (Lipinski definition) is 12. The van der Waals surface area contributed by atoms with Crippen LogP contribution in [0.2, 0.25) is 0 Å². The van der Waals surface area contributed by atoms with Crippen molar-refractivity contribution in [3.8, 4) is 0 Å². The van der Waals surface area contributed by atoms with E-state index in [-0.39, 0.29) is 28.9 Å². The maximum atomic E-state index is 12.9. The van der Waals surface area contributed by atoms with E-state index in [2.05, 4.69) is 15.5 Å². The molecule has 12 nitrogen and oxygen atoms in total. The average Bonchev–Trinajstić information content (AvgIpc) is 3.28. The van der Waals surface area contributed by atoms with E-state index < -0.39 is 41.2 Å². The molecular formula is C21H19N5O7S3. The monoisotopic (exact) mass is 549 g/mol. The number of nitrogens with zero attached hydrogens (tertiary/aromatic N) is 3. The summed E-state index contributed by atoms with van der Waals surface area (Å²) in [5.74, 6) is -2.91. The van der Waals surface area contributed by atoms with Crippen LogP contribution in [0.5, 0.6) is 0 Å². The fourth-order valence-corrected chi connectivity index (χ4v) is 6.63. The number of thioether (sulfide) groups is 2. The van der Waals surface area contributed by atoms with Crippen LogP contribution in [0.25, 0.3) is 0 Å². The summed E-state index contributed by atoms with van der Waals surface area (Å²) in [6.45, 7) is 1.96. The lowest BCUT2D eigenvalue weighted by molar-refractivity contribution is -0.150. The number of carboxylic acid groups (broad SMARTS) is 1.